The zero-order chi connectivity index (χ0) is 17.6. The van der Waals surface area contributed by atoms with Gasteiger partial charge < -0.3 is 9.90 Å². The molecule has 3 rings (SSSR count). The summed E-state index contributed by atoms with van der Waals surface area (Å²) in [6.07, 6.45) is 2.24. The van der Waals surface area contributed by atoms with Crippen LogP contribution in [-0.2, 0) is 18.9 Å². The van der Waals surface area contributed by atoms with E-state index in [0.29, 0.717) is 17.3 Å². The molecule has 0 radical (unpaired) electrons. The van der Waals surface area contributed by atoms with E-state index in [1.54, 1.807) is 6.92 Å². The van der Waals surface area contributed by atoms with E-state index in [9.17, 15) is 19.5 Å². The third kappa shape index (κ3) is 2.72. The number of hydrogen-bond donors (Lipinski definition) is 0. The third-order valence-electron chi connectivity index (χ3n) is 4.11. The minimum atomic E-state index is -1.20. The molecule has 2 aromatic rings. The Morgan fingerprint density at radius 1 is 1.29 bits per heavy atom. The van der Waals surface area contributed by atoms with Gasteiger partial charge in [-0.05, 0) is 19.3 Å². The van der Waals surface area contributed by atoms with Crippen molar-refractivity contribution in [2.24, 2.45) is 14.1 Å². The Kier molecular flexibility index (Phi) is 4.20. The Morgan fingerprint density at radius 3 is 2.50 bits per heavy atom. The number of aromatic nitrogens is 4. The molecule has 0 bridgehead atoms. The van der Waals surface area contributed by atoms with Gasteiger partial charge in [0.05, 0.1) is 11.2 Å². The van der Waals surface area contributed by atoms with Gasteiger partial charge >= 0.3 is 5.69 Å². The predicted octanol–water partition coefficient (Wildman–Crippen LogP) is -0.475. The van der Waals surface area contributed by atoms with E-state index in [1.165, 1.54) is 18.7 Å². The normalized spacial score (nSPS) is 15.6. The van der Waals surface area contributed by atoms with Crippen LogP contribution in [0.2, 0.25) is 0 Å². The van der Waals surface area contributed by atoms with Crippen molar-refractivity contribution >= 4 is 28.8 Å². The van der Waals surface area contributed by atoms with Crippen molar-refractivity contribution in [3.8, 4) is 0 Å². The van der Waals surface area contributed by atoms with E-state index >= 15 is 0 Å². The van der Waals surface area contributed by atoms with Gasteiger partial charge in [0.15, 0.2) is 5.65 Å². The number of aryl methyl sites for hydroxylation is 1. The highest BCUT2D eigenvalue weighted by molar-refractivity contribution is 8.00. The van der Waals surface area contributed by atoms with E-state index in [-0.39, 0.29) is 17.0 Å². The summed E-state index contributed by atoms with van der Waals surface area (Å²) in [6.45, 7) is 1.73. The first kappa shape index (κ1) is 16.7. The second-order valence-corrected chi connectivity index (χ2v) is 7.09. The summed E-state index contributed by atoms with van der Waals surface area (Å²) in [6, 6.07) is 0. The van der Waals surface area contributed by atoms with E-state index < -0.39 is 22.5 Å². The van der Waals surface area contributed by atoms with Crippen LogP contribution in [0.1, 0.15) is 37.9 Å². The van der Waals surface area contributed by atoms with Crippen molar-refractivity contribution in [2.75, 3.05) is 0 Å². The van der Waals surface area contributed by atoms with Gasteiger partial charge in [-0.25, -0.2) is 14.8 Å². The average molecular weight is 349 g/mol. The summed E-state index contributed by atoms with van der Waals surface area (Å²) in [5.74, 6) is -0.443. The van der Waals surface area contributed by atoms with Crippen molar-refractivity contribution < 1.29 is 9.90 Å². The standard InChI is InChI=1S/C15H18N4O4S/c1-4-8(14(21)22)24-12-9-11(16-10(17-12)7-5-6-7)18(2)15(23)19(3)13(9)20/h7-8H,4-6H2,1-3H3,(H,21,22)/p-1/t8-/m1/s1. The molecule has 0 amide bonds. The number of carbonyl (C=O) groups excluding carboxylic acids is 1. The fourth-order valence-electron chi connectivity index (χ4n) is 2.49. The summed E-state index contributed by atoms with van der Waals surface area (Å²) < 4.78 is 2.28. The molecule has 0 aromatic carbocycles. The fraction of sp³-hybridized carbons (Fsp3) is 0.533. The molecule has 2 heterocycles. The van der Waals surface area contributed by atoms with Crippen LogP contribution >= 0.6 is 11.8 Å². The molecule has 8 nitrogen and oxygen atoms in total. The van der Waals surface area contributed by atoms with E-state index in [1.807, 2.05) is 0 Å². The summed E-state index contributed by atoms with van der Waals surface area (Å²) in [7, 11) is 2.92. The number of carboxylic acids is 1. The van der Waals surface area contributed by atoms with Crippen molar-refractivity contribution in [3.63, 3.8) is 0 Å². The summed E-state index contributed by atoms with van der Waals surface area (Å²) in [5.41, 5.74) is -0.752. The lowest BCUT2D eigenvalue weighted by atomic mass is 10.3. The Hall–Kier alpha value is -2.16. The Labute approximate surface area is 141 Å². The number of carboxylic acid groups (broad SMARTS) is 1. The maximum absolute atomic E-state index is 12.6. The fourth-order valence-corrected chi connectivity index (χ4v) is 3.46. The van der Waals surface area contributed by atoms with E-state index in [4.69, 9.17) is 0 Å². The minimum absolute atomic E-state index is 0.175. The Bertz CT molecular complexity index is 945. The Balaban J connectivity index is 2.31. The molecule has 0 spiro atoms. The highest BCUT2D eigenvalue weighted by Gasteiger charge is 2.29. The van der Waals surface area contributed by atoms with Crippen LogP contribution < -0.4 is 16.4 Å². The molecular formula is C15H17N4O4S-. The molecule has 1 saturated carbocycles. The van der Waals surface area contributed by atoms with Gasteiger partial charge in [-0.15, -0.1) is 0 Å². The topological polar surface area (TPSA) is 110 Å². The number of thioether (sulfide) groups is 1. The molecule has 1 atom stereocenters. The molecule has 9 heteroatoms. The van der Waals surface area contributed by atoms with Crippen LogP contribution in [0.4, 0.5) is 0 Å². The number of nitrogens with zero attached hydrogens (tertiary/aromatic N) is 4. The first-order valence-corrected chi connectivity index (χ1v) is 8.58. The second kappa shape index (κ2) is 6.04. The monoisotopic (exact) mass is 349 g/mol. The van der Waals surface area contributed by atoms with E-state index in [2.05, 4.69) is 9.97 Å². The molecule has 1 aliphatic carbocycles. The van der Waals surface area contributed by atoms with Crippen LogP contribution in [0.15, 0.2) is 14.6 Å². The van der Waals surface area contributed by atoms with Crippen LogP contribution in [0.3, 0.4) is 0 Å². The van der Waals surface area contributed by atoms with E-state index in [0.717, 1.165) is 29.2 Å². The lowest BCUT2D eigenvalue weighted by molar-refractivity contribution is -0.304. The second-order valence-electron chi connectivity index (χ2n) is 5.90. The number of hydrogen-bond acceptors (Lipinski definition) is 7. The molecule has 1 aliphatic rings. The summed E-state index contributed by atoms with van der Waals surface area (Å²) in [4.78, 5) is 44.8. The molecule has 1 fully saturated rings. The smallest absolute Gasteiger partial charge is 0.332 e. The van der Waals surface area contributed by atoms with Crippen LogP contribution in [0.5, 0.6) is 0 Å². The van der Waals surface area contributed by atoms with Crippen LogP contribution in [0.25, 0.3) is 11.0 Å². The number of rotatable bonds is 5. The molecule has 0 unspecified atom stereocenters. The number of fused-ring (bicyclic) bond motifs is 1. The maximum Gasteiger partial charge on any atom is 0.332 e. The maximum atomic E-state index is 12.6. The van der Waals surface area contributed by atoms with Gasteiger partial charge in [0.25, 0.3) is 5.56 Å². The number of carbonyl (C=O) groups is 1. The van der Waals surface area contributed by atoms with Crippen molar-refractivity contribution in [1.82, 2.24) is 19.1 Å². The molecular weight excluding hydrogens is 332 g/mol. The van der Waals surface area contributed by atoms with Gasteiger partial charge in [-0.2, -0.15) is 0 Å². The van der Waals surface area contributed by atoms with Gasteiger partial charge in [0.2, 0.25) is 0 Å². The zero-order valence-electron chi connectivity index (χ0n) is 13.6. The SMILES string of the molecule is CC[C@@H](Sc1nc(C2CC2)nc2c1c(=O)n(C)c(=O)n2C)C(=O)[O-]. The lowest BCUT2D eigenvalue weighted by Gasteiger charge is -2.17. The molecule has 0 saturated heterocycles. The largest absolute Gasteiger partial charge is 0.549 e. The zero-order valence-corrected chi connectivity index (χ0v) is 14.4. The highest BCUT2D eigenvalue weighted by Crippen LogP contribution is 2.39. The molecule has 0 N–H and O–H groups in total. The first-order valence-electron chi connectivity index (χ1n) is 7.70. The van der Waals surface area contributed by atoms with Crippen molar-refractivity contribution in [3.05, 3.63) is 26.7 Å². The molecule has 128 valence electrons. The third-order valence-corrected chi connectivity index (χ3v) is 5.44. The molecule has 2 aromatic heterocycles. The summed E-state index contributed by atoms with van der Waals surface area (Å²) >= 11 is 0.981. The van der Waals surface area contributed by atoms with Crippen molar-refractivity contribution in [2.45, 2.75) is 42.4 Å². The van der Waals surface area contributed by atoms with Crippen LogP contribution in [-0.4, -0.2) is 30.3 Å². The number of aliphatic carboxylic acids is 1. The summed E-state index contributed by atoms with van der Waals surface area (Å²) in [5, 5.41) is 10.9. The highest BCUT2D eigenvalue weighted by atomic mass is 32.2. The van der Waals surface area contributed by atoms with Crippen LogP contribution in [0, 0.1) is 0 Å². The van der Waals surface area contributed by atoms with Crippen molar-refractivity contribution in [1.29, 1.82) is 0 Å². The predicted molar refractivity (Wildman–Crippen MR) is 86.9 cm³/mol. The molecule has 24 heavy (non-hydrogen) atoms. The van der Waals surface area contributed by atoms with Gasteiger partial charge in [-0.1, -0.05) is 18.7 Å². The molecule has 0 aliphatic heterocycles. The van der Waals surface area contributed by atoms with Gasteiger partial charge in [0, 0.05) is 20.0 Å². The lowest BCUT2D eigenvalue weighted by Crippen LogP contribution is -2.38. The minimum Gasteiger partial charge on any atom is -0.549 e. The Morgan fingerprint density at radius 2 is 1.96 bits per heavy atom. The van der Waals surface area contributed by atoms with Gasteiger partial charge in [-0.3, -0.25) is 13.9 Å². The first-order chi connectivity index (χ1) is 11.3. The van der Waals surface area contributed by atoms with Gasteiger partial charge in [0.1, 0.15) is 16.2 Å². The average Bonchev–Trinajstić information content (AvgIpc) is 3.39. The quantitative estimate of drug-likeness (QED) is 0.530.